The van der Waals surface area contributed by atoms with Gasteiger partial charge in [-0.2, -0.15) is 0 Å². The predicted molar refractivity (Wildman–Crippen MR) is 61.0 cm³/mol. The second-order valence-electron chi connectivity index (χ2n) is 4.91. The van der Waals surface area contributed by atoms with Gasteiger partial charge in [0.25, 0.3) is 0 Å². The minimum atomic E-state index is 0.352. The van der Waals surface area contributed by atoms with Gasteiger partial charge in [0.15, 0.2) is 0 Å². The number of aryl methyl sites for hydroxylation is 1. The molecule has 1 saturated carbocycles. The Morgan fingerprint density at radius 3 is 2.64 bits per heavy atom. The maximum absolute atomic E-state index is 5.65. The van der Waals surface area contributed by atoms with Crippen LogP contribution >= 0.6 is 11.3 Å². The number of thiophene rings is 1. The van der Waals surface area contributed by atoms with Crippen LogP contribution in [0.15, 0.2) is 11.4 Å². The number of nitrogens with two attached hydrogens (primary N) is 1. The van der Waals surface area contributed by atoms with Gasteiger partial charge in [0, 0.05) is 4.88 Å². The first kappa shape index (κ1) is 10.1. The van der Waals surface area contributed by atoms with Crippen molar-refractivity contribution >= 4 is 11.3 Å². The molecule has 1 aliphatic carbocycles. The molecule has 1 aliphatic rings. The van der Waals surface area contributed by atoms with Crippen LogP contribution in [0, 0.1) is 18.3 Å². The van der Waals surface area contributed by atoms with Gasteiger partial charge in [-0.1, -0.05) is 13.8 Å². The Labute approximate surface area is 89.5 Å². The van der Waals surface area contributed by atoms with Gasteiger partial charge in [0.05, 0.1) is 6.04 Å². The fourth-order valence-electron chi connectivity index (χ4n) is 2.15. The summed E-state index contributed by atoms with van der Waals surface area (Å²) in [6.07, 6.45) is 1.28. The van der Waals surface area contributed by atoms with Gasteiger partial charge >= 0.3 is 0 Å². The average Bonchev–Trinajstić information content (AvgIpc) is 2.55. The van der Waals surface area contributed by atoms with Crippen LogP contribution in [0.1, 0.15) is 36.8 Å². The van der Waals surface area contributed by atoms with Crippen molar-refractivity contribution in [3.63, 3.8) is 0 Å². The van der Waals surface area contributed by atoms with E-state index in [4.69, 9.17) is 5.84 Å². The Hall–Kier alpha value is -0.380. The quantitative estimate of drug-likeness (QED) is 0.594. The maximum atomic E-state index is 5.65. The molecule has 1 aromatic heterocycles. The molecule has 78 valence electrons. The molecule has 3 N–H and O–H groups in total. The number of rotatable bonds is 3. The Morgan fingerprint density at radius 1 is 1.64 bits per heavy atom. The Balaban J connectivity index is 2.20. The zero-order chi connectivity index (χ0) is 10.3. The summed E-state index contributed by atoms with van der Waals surface area (Å²) in [7, 11) is 0. The Kier molecular flexibility index (Phi) is 2.41. The molecule has 14 heavy (non-hydrogen) atoms. The summed E-state index contributed by atoms with van der Waals surface area (Å²) < 4.78 is 0. The van der Waals surface area contributed by atoms with Crippen molar-refractivity contribution in [2.24, 2.45) is 17.2 Å². The molecule has 0 aliphatic heterocycles. The zero-order valence-electron chi connectivity index (χ0n) is 9.00. The third-order valence-electron chi connectivity index (χ3n) is 3.36. The molecule has 1 heterocycles. The van der Waals surface area contributed by atoms with Crippen LogP contribution < -0.4 is 11.3 Å². The van der Waals surface area contributed by atoms with E-state index in [2.05, 4.69) is 37.6 Å². The lowest BCUT2D eigenvalue weighted by molar-refractivity contribution is 0.427. The summed E-state index contributed by atoms with van der Waals surface area (Å²) in [4.78, 5) is 1.41. The van der Waals surface area contributed by atoms with Crippen molar-refractivity contribution in [3.05, 3.63) is 21.9 Å². The Morgan fingerprint density at radius 2 is 2.29 bits per heavy atom. The smallest absolute Gasteiger partial charge is 0.0589 e. The molecule has 0 aromatic carbocycles. The van der Waals surface area contributed by atoms with Crippen LogP contribution in [-0.4, -0.2) is 0 Å². The summed E-state index contributed by atoms with van der Waals surface area (Å²) in [5, 5.41) is 2.14. The first-order valence-corrected chi connectivity index (χ1v) is 5.94. The van der Waals surface area contributed by atoms with Crippen molar-refractivity contribution in [3.8, 4) is 0 Å². The summed E-state index contributed by atoms with van der Waals surface area (Å²) in [6, 6.07) is 2.52. The molecule has 2 rings (SSSR count). The van der Waals surface area contributed by atoms with Crippen LogP contribution in [0.5, 0.6) is 0 Å². The van der Waals surface area contributed by atoms with Crippen LogP contribution in [-0.2, 0) is 0 Å². The lowest BCUT2D eigenvalue weighted by atomic mass is 10.0. The molecule has 0 amide bonds. The summed E-state index contributed by atoms with van der Waals surface area (Å²) in [5.74, 6) is 6.35. The highest BCUT2D eigenvalue weighted by Crippen LogP contribution is 2.58. The Bertz CT molecular complexity index is 330. The predicted octanol–water partition coefficient (Wildman–Crippen LogP) is 2.61. The van der Waals surface area contributed by atoms with Gasteiger partial charge in [0.1, 0.15) is 0 Å². The van der Waals surface area contributed by atoms with Crippen molar-refractivity contribution < 1.29 is 0 Å². The van der Waals surface area contributed by atoms with Gasteiger partial charge in [-0.15, -0.1) is 11.3 Å². The van der Waals surface area contributed by atoms with Crippen LogP contribution in [0.3, 0.4) is 0 Å². The lowest BCUT2D eigenvalue weighted by Gasteiger charge is -2.17. The van der Waals surface area contributed by atoms with E-state index >= 15 is 0 Å². The molecule has 2 atom stereocenters. The molecule has 0 radical (unpaired) electrons. The summed E-state index contributed by atoms with van der Waals surface area (Å²) >= 11 is 1.81. The second kappa shape index (κ2) is 3.33. The topological polar surface area (TPSA) is 38.0 Å². The molecule has 1 fully saturated rings. The lowest BCUT2D eigenvalue weighted by Crippen LogP contribution is -2.30. The number of hydrogen-bond donors (Lipinski definition) is 2. The molecular formula is C11H18N2S. The molecule has 2 nitrogen and oxygen atoms in total. The molecule has 1 aromatic rings. The van der Waals surface area contributed by atoms with E-state index in [1.807, 2.05) is 11.3 Å². The van der Waals surface area contributed by atoms with Crippen LogP contribution in [0.4, 0.5) is 0 Å². The molecule has 0 saturated heterocycles. The minimum Gasteiger partial charge on any atom is -0.271 e. The standard InChI is InChI=1S/C11H18N2S/c1-7-4-5-14-10(7)9(13-12)8-6-11(8,2)3/h4-5,8-9,13H,6,12H2,1-3H3. The monoisotopic (exact) mass is 210 g/mol. The van der Waals surface area contributed by atoms with Crippen LogP contribution in [0.2, 0.25) is 0 Å². The van der Waals surface area contributed by atoms with E-state index in [0.717, 1.165) is 0 Å². The first-order valence-electron chi connectivity index (χ1n) is 5.06. The maximum Gasteiger partial charge on any atom is 0.0589 e. The zero-order valence-corrected chi connectivity index (χ0v) is 9.82. The largest absolute Gasteiger partial charge is 0.271 e. The SMILES string of the molecule is Cc1ccsc1C(NN)C1CC1(C)C. The summed E-state index contributed by atoms with van der Waals surface area (Å²) in [5.41, 5.74) is 4.80. The molecular weight excluding hydrogens is 192 g/mol. The van der Waals surface area contributed by atoms with Gasteiger partial charge < -0.3 is 0 Å². The van der Waals surface area contributed by atoms with E-state index in [1.165, 1.54) is 16.9 Å². The minimum absolute atomic E-state index is 0.352. The third-order valence-corrected chi connectivity index (χ3v) is 4.46. The van der Waals surface area contributed by atoms with Crippen molar-refractivity contribution in [1.82, 2.24) is 5.43 Å². The van der Waals surface area contributed by atoms with E-state index in [0.29, 0.717) is 17.4 Å². The highest BCUT2D eigenvalue weighted by atomic mass is 32.1. The fraction of sp³-hybridized carbons (Fsp3) is 0.636. The second-order valence-corrected chi connectivity index (χ2v) is 5.86. The van der Waals surface area contributed by atoms with Crippen molar-refractivity contribution in [2.75, 3.05) is 0 Å². The van der Waals surface area contributed by atoms with E-state index < -0.39 is 0 Å². The number of nitrogens with one attached hydrogen (secondary N) is 1. The highest BCUT2D eigenvalue weighted by Gasteiger charge is 2.50. The molecule has 0 spiro atoms. The van der Waals surface area contributed by atoms with Gasteiger partial charge in [-0.25, -0.2) is 0 Å². The fourth-order valence-corrected chi connectivity index (χ4v) is 3.21. The van der Waals surface area contributed by atoms with E-state index in [-0.39, 0.29) is 0 Å². The number of hydrogen-bond acceptors (Lipinski definition) is 3. The summed E-state index contributed by atoms with van der Waals surface area (Å²) in [6.45, 7) is 6.78. The van der Waals surface area contributed by atoms with Crippen molar-refractivity contribution in [1.29, 1.82) is 0 Å². The molecule has 0 bridgehead atoms. The van der Waals surface area contributed by atoms with E-state index in [9.17, 15) is 0 Å². The van der Waals surface area contributed by atoms with Gasteiger partial charge in [-0.05, 0) is 41.7 Å². The molecule has 3 heteroatoms. The van der Waals surface area contributed by atoms with Gasteiger partial charge in [-0.3, -0.25) is 11.3 Å². The normalized spacial score (nSPS) is 26.1. The third kappa shape index (κ3) is 1.60. The molecule has 2 unspecified atom stereocenters. The highest BCUT2D eigenvalue weighted by molar-refractivity contribution is 7.10. The van der Waals surface area contributed by atoms with E-state index in [1.54, 1.807) is 0 Å². The van der Waals surface area contributed by atoms with Crippen molar-refractivity contribution in [2.45, 2.75) is 33.2 Å². The van der Waals surface area contributed by atoms with Gasteiger partial charge in [0.2, 0.25) is 0 Å². The average molecular weight is 210 g/mol. The van der Waals surface area contributed by atoms with Crippen LogP contribution in [0.25, 0.3) is 0 Å². The first-order chi connectivity index (χ1) is 6.56. The number of hydrazine groups is 1.